The molecule has 0 saturated carbocycles. The number of benzene rings is 2. The van der Waals surface area contributed by atoms with E-state index in [1.54, 1.807) is 22.5 Å². The number of hydrogen-bond donors (Lipinski definition) is 1. The van der Waals surface area contributed by atoms with Gasteiger partial charge in [0.2, 0.25) is 10.0 Å². The van der Waals surface area contributed by atoms with E-state index in [0.29, 0.717) is 24.0 Å². The monoisotopic (exact) mass is 499 g/mol. The van der Waals surface area contributed by atoms with Crippen LogP contribution in [-0.2, 0) is 10.0 Å². The van der Waals surface area contributed by atoms with E-state index in [2.05, 4.69) is 30.2 Å². The summed E-state index contributed by atoms with van der Waals surface area (Å²) in [6.07, 6.45) is 3.51. The maximum Gasteiger partial charge on any atom is 0.243 e. The van der Waals surface area contributed by atoms with Gasteiger partial charge in [0.15, 0.2) is 0 Å². The molecule has 1 aliphatic heterocycles. The Morgan fingerprint density at radius 1 is 1.03 bits per heavy atom. The Balaban J connectivity index is 1.98. The maximum atomic E-state index is 13.3. The lowest BCUT2D eigenvalue weighted by atomic mass is 9.93. The predicted molar refractivity (Wildman–Crippen MR) is 143 cm³/mol. The molecule has 3 atom stereocenters. The standard InChI is InChI=1S/C28H41N3O3S/c1-6-16-29-20-23(5)31(21-22(29)4)28(25-10-9-11-26(32)19-25)24-12-14-27(15-13-24)35(33,34)30(17-7-2)18-8-3/h6,9-15,19,22-23,28,32H,1,7-8,16-18,20-21H2,2-5H3/t22-,23+,28+/m0/s1. The fraction of sp³-hybridized carbons (Fsp3) is 0.500. The van der Waals surface area contributed by atoms with E-state index in [4.69, 9.17) is 0 Å². The topological polar surface area (TPSA) is 64.1 Å². The minimum atomic E-state index is -3.53. The van der Waals surface area contributed by atoms with Crippen LogP contribution >= 0.6 is 0 Å². The van der Waals surface area contributed by atoms with Gasteiger partial charge in [0.05, 0.1) is 10.9 Å². The summed E-state index contributed by atoms with van der Waals surface area (Å²) in [6.45, 7) is 16.0. The van der Waals surface area contributed by atoms with Gasteiger partial charge in [-0.05, 0) is 62.1 Å². The molecular formula is C28H41N3O3S. The van der Waals surface area contributed by atoms with Crippen LogP contribution < -0.4 is 0 Å². The van der Waals surface area contributed by atoms with Crippen molar-refractivity contribution in [1.29, 1.82) is 0 Å². The van der Waals surface area contributed by atoms with Crippen LogP contribution in [0.1, 0.15) is 57.7 Å². The van der Waals surface area contributed by atoms with Crippen LogP contribution in [0.15, 0.2) is 66.1 Å². The second-order valence-electron chi connectivity index (χ2n) is 9.61. The second kappa shape index (κ2) is 12.2. The van der Waals surface area contributed by atoms with Crippen molar-refractivity contribution in [3.63, 3.8) is 0 Å². The van der Waals surface area contributed by atoms with Gasteiger partial charge in [-0.25, -0.2) is 8.42 Å². The van der Waals surface area contributed by atoms with Crippen molar-refractivity contribution in [1.82, 2.24) is 14.1 Å². The highest BCUT2D eigenvalue weighted by Gasteiger charge is 2.34. The van der Waals surface area contributed by atoms with Crippen LogP contribution in [0.2, 0.25) is 0 Å². The summed E-state index contributed by atoms with van der Waals surface area (Å²) in [7, 11) is -3.53. The zero-order valence-electron chi connectivity index (χ0n) is 21.6. The zero-order chi connectivity index (χ0) is 25.6. The Morgan fingerprint density at radius 2 is 1.69 bits per heavy atom. The molecule has 1 fully saturated rings. The lowest BCUT2D eigenvalue weighted by Crippen LogP contribution is -2.57. The molecule has 35 heavy (non-hydrogen) atoms. The van der Waals surface area contributed by atoms with E-state index in [0.717, 1.165) is 43.6 Å². The molecular weight excluding hydrogens is 458 g/mol. The third-order valence-corrected chi connectivity index (χ3v) is 8.74. The smallest absolute Gasteiger partial charge is 0.243 e. The van der Waals surface area contributed by atoms with Crippen LogP contribution in [-0.4, -0.2) is 72.4 Å². The number of phenolic OH excluding ortho intramolecular Hbond substituents is 1. The molecule has 6 nitrogen and oxygen atoms in total. The van der Waals surface area contributed by atoms with Crippen LogP contribution in [0, 0.1) is 0 Å². The van der Waals surface area contributed by atoms with Crippen molar-refractivity contribution in [3.05, 3.63) is 72.3 Å². The molecule has 1 saturated heterocycles. The quantitative estimate of drug-likeness (QED) is 0.447. The minimum Gasteiger partial charge on any atom is -0.508 e. The Morgan fingerprint density at radius 3 is 2.26 bits per heavy atom. The van der Waals surface area contributed by atoms with Crippen molar-refractivity contribution in [2.45, 2.75) is 63.6 Å². The molecule has 0 aliphatic carbocycles. The Hall–Kier alpha value is -2.19. The van der Waals surface area contributed by atoms with Crippen molar-refractivity contribution in [3.8, 4) is 5.75 Å². The molecule has 1 N–H and O–H groups in total. The lowest BCUT2D eigenvalue weighted by molar-refractivity contribution is 0.0306. The van der Waals surface area contributed by atoms with Gasteiger partial charge in [-0.3, -0.25) is 9.80 Å². The molecule has 3 rings (SSSR count). The van der Waals surface area contributed by atoms with E-state index >= 15 is 0 Å². The van der Waals surface area contributed by atoms with Gasteiger partial charge in [-0.15, -0.1) is 6.58 Å². The SMILES string of the molecule is C=CCN1C[C@@H](C)N([C@H](c2ccc(S(=O)(=O)N(CCC)CCC)cc2)c2cccc(O)c2)C[C@@H]1C. The van der Waals surface area contributed by atoms with Crippen molar-refractivity contribution in [2.24, 2.45) is 0 Å². The number of hydrogen-bond acceptors (Lipinski definition) is 5. The molecule has 0 spiro atoms. The minimum absolute atomic E-state index is 0.0930. The molecule has 192 valence electrons. The summed E-state index contributed by atoms with van der Waals surface area (Å²) < 4.78 is 28.1. The third kappa shape index (κ3) is 6.33. The van der Waals surface area contributed by atoms with Gasteiger partial charge >= 0.3 is 0 Å². The van der Waals surface area contributed by atoms with Crippen LogP contribution in [0.4, 0.5) is 0 Å². The van der Waals surface area contributed by atoms with E-state index in [-0.39, 0.29) is 17.8 Å². The van der Waals surface area contributed by atoms with Crippen LogP contribution in [0.3, 0.4) is 0 Å². The predicted octanol–water partition coefficient (Wildman–Crippen LogP) is 4.87. The fourth-order valence-electron chi connectivity index (χ4n) is 5.10. The fourth-order valence-corrected chi connectivity index (χ4v) is 6.72. The number of sulfonamides is 1. The van der Waals surface area contributed by atoms with Crippen LogP contribution in [0.25, 0.3) is 0 Å². The first kappa shape index (κ1) is 27.4. The number of aromatic hydroxyl groups is 1. The average molecular weight is 500 g/mol. The van der Waals surface area contributed by atoms with Gasteiger partial charge in [0.1, 0.15) is 5.75 Å². The summed E-state index contributed by atoms with van der Waals surface area (Å²) in [5.41, 5.74) is 2.01. The first-order valence-electron chi connectivity index (χ1n) is 12.7. The van der Waals surface area contributed by atoms with Gasteiger partial charge < -0.3 is 5.11 Å². The Kier molecular flexibility index (Phi) is 9.53. The second-order valence-corrected chi connectivity index (χ2v) is 11.5. The molecule has 0 amide bonds. The van der Waals surface area contributed by atoms with Gasteiger partial charge in [0, 0.05) is 44.8 Å². The molecule has 2 aromatic carbocycles. The molecule has 1 aliphatic rings. The number of rotatable bonds is 11. The van der Waals surface area contributed by atoms with Crippen molar-refractivity contribution >= 4 is 10.0 Å². The number of phenols is 1. The van der Waals surface area contributed by atoms with Crippen molar-refractivity contribution < 1.29 is 13.5 Å². The Labute approximate surface area is 211 Å². The first-order chi connectivity index (χ1) is 16.7. The van der Waals surface area contributed by atoms with Gasteiger partial charge in [-0.2, -0.15) is 4.31 Å². The summed E-state index contributed by atoms with van der Waals surface area (Å²) >= 11 is 0. The van der Waals surface area contributed by atoms with Gasteiger partial charge in [0.25, 0.3) is 0 Å². The molecule has 0 radical (unpaired) electrons. The summed E-state index contributed by atoms with van der Waals surface area (Å²) in [4.78, 5) is 5.22. The van der Waals surface area contributed by atoms with E-state index in [9.17, 15) is 13.5 Å². The maximum absolute atomic E-state index is 13.3. The van der Waals surface area contributed by atoms with Gasteiger partial charge in [-0.1, -0.05) is 44.2 Å². The molecule has 0 unspecified atom stereocenters. The molecule has 0 bridgehead atoms. The Bertz CT molecular complexity index is 1070. The molecule has 0 aromatic heterocycles. The highest BCUT2D eigenvalue weighted by Crippen LogP contribution is 2.35. The zero-order valence-corrected chi connectivity index (χ0v) is 22.4. The summed E-state index contributed by atoms with van der Waals surface area (Å²) in [6, 6.07) is 15.3. The summed E-state index contributed by atoms with van der Waals surface area (Å²) in [5, 5.41) is 10.2. The van der Waals surface area contributed by atoms with E-state index < -0.39 is 10.0 Å². The van der Waals surface area contributed by atoms with E-state index in [1.165, 1.54) is 0 Å². The number of nitrogens with zero attached hydrogens (tertiary/aromatic N) is 3. The normalized spacial score (nSPS) is 20.7. The molecule has 7 heteroatoms. The van der Waals surface area contributed by atoms with Crippen molar-refractivity contribution in [2.75, 3.05) is 32.7 Å². The summed E-state index contributed by atoms with van der Waals surface area (Å²) in [5.74, 6) is 0.229. The number of piperazine rings is 1. The lowest BCUT2D eigenvalue weighted by Gasteiger charge is -2.47. The van der Waals surface area contributed by atoms with Crippen LogP contribution in [0.5, 0.6) is 5.75 Å². The largest absolute Gasteiger partial charge is 0.508 e. The highest BCUT2D eigenvalue weighted by atomic mass is 32.2. The third-order valence-electron chi connectivity index (χ3n) is 6.82. The van der Waals surface area contributed by atoms with E-state index in [1.807, 2.05) is 50.3 Å². The average Bonchev–Trinajstić information content (AvgIpc) is 2.82. The highest BCUT2D eigenvalue weighted by molar-refractivity contribution is 7.89. The molecule has 1 heterocycles. The first-order valence-corrected chi connectivity index (χ1v) is 14.2. The molecule has 2 aromatic rings.